The van der Waals surface area contributed by atoms with Crippen molar-refractivity contribution in [3.63, 3.8) is 0 Å². The molecule has 0 bridgehead atoms. The van der Waals surface area contributed by atoms with Gasteiger partial charge in [0.15, 0.2) is 0 Å². The molecule has 198 valence electrons. The molecule has 0 aromatic heterocycles. The van der Waals surface area contributed by atoms with Gasteiger partial charge < -0.3 is 10.2 Å². The van der Waals surface area contributed by atoms with Crippen molar-refractivity contribution in [2.75, 3.05) is 23.7 Å². The lowest BCUT2D eigenvalue weighted by atomic mass is 10.1. The molecule has 0 spiro atoms. The van der Waals surface area contributed by atoms with E-state index in [0.29, 0.717) is 30.1 Å². The third kappa shape index (κ3) is 8.52. The molecule has 0 saturated carbocycles. The van der Waals surface area contributed by atoms with E-state index < -0.39 is 16.1 Å². The number of halogens is 1. The van der Waals surface area contributed by atoms with Crippen LogP contribution in [0.2, 0.25) is 5.02 Å². The highest BCUT2D eigenvalue weighted by molar-refractivity contribution is 7.92. The number of benzene rings is 2. The zero-order valence-electron chi connectivity index (χ0n) is 21.8. The van der Waals surface area contributed by atoms with Gasteiger partial charge in [-0.15, -0.1) is 0 Å². The van der Waals surface area contributed by atoms with Gasteiger partial charge in [-0.1, -0.05) is 68.8 Å². The van der Waals surface area contributed by atoms with Crippen LogP contribution in [0, 0.1) is 12.8 Å². The van der Waals surface area contributed by atoms with Crippen LogP contribution in [0.4, 0.5) is 5.69 Å². The molecule has 2 rings (SSSR count). The number of anilines is 1. The summed E-state index contributed by atoms with van der Waals surface area (Å²) in [4.78, 5) is 28.0. The first-order valence-corrected chi connectivity index (χ1v) is 14.5. The largest absolute Gasteiger partial charge is 0.354 e. The molecule has 1 atom stereocenters. The Hall–Kier alpha value is -2.58. The molecule has 2 amide bonds. The fourth-order valence-electron chi connectivity index (χ4n) is 3.98. The van der Waals surface area contributed by atoms with E-state index >= 15 is 0 Å². The molecule has 0 aliphatic carbocycles. The molecule has 0 fully saturated rings. The number of carbonyl (C=O) groups excluding carboxylic acids is 2. The van der Waals surface area contributed by atoms with Crippen molar-refractivity contribution in [2.24, 2.45) is 5.92 Å². The van der Waals surface area contributed by atoms with E-state index in [4.69, 9.17) is 11.6 Å². The Labute approximate surface area is 220 Å². The van der Waals surface area contributed by atoms with Crippen LogP contribution >= 0.6 is 11.6 Å². The molecule has 9 heteroatoms. The van der Waals surface area contributed by atoms with Gasteiger partial charge >= 0.3 is 0 Å². The summed E-state index contributed by atoms with van der Waals surface area (Å²) >= 11 is 6.37. The lowest BCUT2D eigenvalue weighted by Crippen LogP contribution is -2.49. The second kappa shape index (κ2) is 13.7. The first-order chi connectivity index (χ1) is 17.0. The molecule has 0 radical (unpaired) electrons. The van der Waals surface area contributed by atoms with E-state index in [1.807, 2.05) is 58.0 Å². The molecule has 0 aliphatic rings. The predicted molar refractivity (Wildman–Crippen MR) is 147 cm³/mol. The molecular weight excluding hydrogens is 498 g/mol. The Bertz CT molecular complexity index is 1140. The Kier molecular flexibility index (Phi) is 11.2. The van der Waals surface area contributed by atoms with Crippen molar-refractivity contribution in [3.05, 3.63) is 64.7 Å². The first kappa shape index (κ1) is 29.6. The van der Waals surface area contributed by atoms with E-state index in [1.54, 1.807) is 23.1 Å². The number of hydrogen-bond acceptors (Lipinski definition) is 4. The van der Waals surface area contributed by atoms with Gasteiger partial charge in [-0.05, 0) is 48.9 Å². The number of carbonyl (C=O) groups is 2. The molecule has 7 nitrogen and oxygen atoms in total. The molecule has 2 aromatic rings. The van der Waals surface area contributed by atoms with Crippen molar-refractivity contribution in [1.82, 2.24) is 10.2 Å². The van der Waals surface area contributed by atoms with Crippen molar-refractivity contribution in [1.29, 1.82) is 0 Å². The number of nitrogens with one attached hydrogen (secondary N) is 1. The maximum atomic E-state index is 13.5. The van der Waals surface area contributed by atoms with Gasteiger partial charge in [0.05, 0.1) is 11.9 Å². The van der Waals surface area contributed by atoms with E-state index in [2.05, 4.69) is 5.32 Å². The molecule has 36 heavy (non-hydrogen) atoms. The Morgan fingerprint density at radius 3 is 2.28 bits per heavy atom. The van der Waals surface area contributed by atoms with Gasteiger partial charge in [0, 0.05) is 31.1 Å². The standard InChI is InChI=1S/C27H38ClN3O4S/c1-6-24(27(33)29-18-20(2)3)30(19-22-13-8-9-14-23(22)28)26(32)16-11-17-31(36(5,34)35)25-15-10-7-12-21(25)4/h7-10,12-15,20,24H,6,11,16-19H2,1-5H3,(H,29,33)/t24-/m0/s1. The van der Waals surface area contributed by atoms with Crippen LogP contribution in [-0.4, -0.2) is 50.5 Å². The summed E-state index contributed by atoms with van der Waals surface area (Å²) in [5, 5.41) is 3.46. The van der Waals surface area contributed by atoms with Crippen LogP contribution < -0.4 is 9.62 Å². The third-order valence-electron chi connectivity index (χ3n) is 5.91. The number of hydrogen-bond donors (Lipinski definition) is 1. The monoisotopic (exact) mass is 535 g/mol. The highest BCUT2D eigenvalue weighted by atomic mass is 35.5. The fourth-order valence-corrected chi connectivity index (χ4v) is 5.20. The van der Waals surface area contributed by atoms with Crippen molar-refractivity contribution in [3.8, 4) is 0 Å². The summed E-state index contributed by atoms with van der Waals surface area (Å²) < 4.78 is 26.3. The maximum Gasteiger partial charge on any atom is 0.242 e. The molecule has 2 aromatic carbocycles. The lowest BCUT2D eigenvalue weighted by Gasteiger charge is -2.31. The van der Waals surface area contributed by atoms with Gasteiger partial charge in [-0.2, -0.15) is 0 Å². The minimum Gasteiger partial charge on any atom is -0.354 e. The average molecular weight is 536 g/mol. The predicted octanol–water partition coefficient (Wildman–Crippen LogP) is 4.77. The van der Waals surface area contributed by atoms with Crippen LogP contribution in [0.25, 0.3) is 0 Å². The van der Waals surface area contributed by atoms with Crippen LogP contribution in [0.5, 0.6) is 0 Å². The van der Waals surface area contributed by atoms with Gasteiger partial charge in [0.1, 0.15) is 6.04 Å². The number of nitrogens with zero attached hydrogens (tertiary/aromatic N) is 2. The minimum atomic E-state index is -3.54. The number of aryl methyl sites for hydroxylation is 1. The number of amides is 2. The quantitative estimate of drug-likeness (QED) is 0.400. The summed E-state index contributed by atoms with van der Waals surface area (Å²) in [6, 6.07) is 13.8. The molecular formula is C27H38ClN3O4S. The SMILES string of the molecule is CC[C@@H](C(=O)NCC(C)C)N(Cc1ccccc1Cl)C(=O)CCCN(c1ccccc1C)S(C)(=O)=O. The van der Waals surface area contributed by atoms with Crippen molar-refractivity contribution in [2.45, 2.75) is 59.5 Å². The maximum absolute atomic E-state index is 13.5. The van der Waals surface area contributed by atoms with Gasteiger partial charge in [0.2, 0.25) is 21.8 Å². The van der Waals surface area contributed by atoms with Gasteiger partial charge in [-0.25, -0.2) is 8.42 Å². The van der Waals surface area contributed by atoms with Gasteiger partial charge in [-0.3, -0.25) is 13.9 Å². The second-order valence-corrected chi connectivity index (χ2v) is 11.7. The summed E-state index contributed by atoms with van der Waals surface area (Å²) in [7, 11) is -3.54. The summed E-state index contributed by atoms with van der Waals surface area (Å²) in [5.74, 6) is -0.147. The molecule has 0 unspecified atom stereocenters. The second-order valence-electron chi connectivity index (χ2n) is 9.40. The summed E-state index contributed by atoms with van der Waals surface area (Å²) in [6.45, 7) is 8.61. The Balaban J connectivity index is 2.23. The van der Waals surface area contributed by atoms with E-state index in [-0.39, 0.29) is 37.2 Å². The van der Waals surface area contributed by atoms with Crippen LogP contribution in [0.3, 0.4) is 0 Å². The number of sulfonamides is 1. The summed E-state index contributed by atoms with van der Waals surface area (Å²) in [6.07, 6.45) is 2.01. The molecule has 1 N–H and O–H groups in total. The van der Waals surface area contributed by atoms with Crippen LogP contribution in [0.1, 0.15) is 51.2 Å². The van der Waals surface area contributed by atoms with Crippen molar-refractivity contribution < 1.29 is 18.0 Å². The third-order valence-corrected chi connectivity index (χ3v) is 7.45. The van der Waals surface area contributed by atoms with Crippen LogP contribution in [0.15, 0.2) is 48.5 Å². The Morgan fingerprint density at radius 1 is 1.06 bits per heavy atom. The zero-order valence-corrected chi connectivity index (χ0v) is 23.4. The highest BCUT2D eigenvalue weighted by Crippen LogP contribution is 2.24. The average Bonchev–Trinajstić information content (AvgIpc) is 2.81. The fraction of sp³-hybridized carbons (Fsp3) is 0.481. The van der Waals surface area contributed by atoms with E-state index in [1.165, 1.54) is 4.31 Å². The molecule has 0 heterocycles. The Morgan fingerprint density at radius 2 is 1.69 bits per heavy atom. The zero-order chi connectivity index (χ0) is 26.9. The van der Waals surface area contributed by atoms with Gasteiger partial charge in [0.25, 0.3) is 0 Å². The number of rotatable bonds is 13. The highest BCUT2D eigenvalue weighted by Gasteiger charge is 2.29. The number of para-hydroxylation sites is 1. The van der Waals surface area contributed by atoms with Crippen molar-refractivity contribution >= 4 is 39.1 Å². The lowest BCUT2D eigenvalue weighted by molar-refractivity contribution is -0.141. The smallest absolute Gasteiger partial charge is 0.242 e. The molecule has 0 saturated heterocycles. The summed E-state index contributed by atoms with van der Waals surface area (Å²) in [5.41, 5.74) is 2.18. The molecule has 0 aliphatic heterocycles. The van der Waals surface area contributed by atoms with Crippen LogP contribution in [-0.2, 0) is 26.2 Å². The first-order valence-electron chi connectivity index (χ1n) is 12.3. The minimum absolute atomic E-state index is 0.0936. The van der Waals surface area contributed by atoms with E-state index in [0.717, 1.165) is 17.4 Å². The topological polar surface area (TPSA) is 86.8 Å². The van der Waals surface area contributed by atoms with E-state index in [9.17, 15) is 18.0 Å². The normalized spacial score (nSPS) is 12.3.